The maximum Gasteiger partial charge on any atom is 0.288 e. The number of hydrogen-bond acceptors (Lipinski definition) is 4. The van der Waals surface area contributed by atoms with Gasteiger partial charge in [-0.05, 0) is 12.8 Å². The highest BCUT2D eigenvalue weighted by Crippen LogP contribution is 2.16. The summed E-state index contributed by atoms with van der Waals surface area (Å²) >= 11 is 0. The topological polar surface area (TPSA) is 96.7 Å². The van der Waals surface area contributed by atoms with Gasteiger partial charge in [0.05, 0.1) is 0 Å². The Balaban J connectivity index is 1.95. The van der Waals surface area contributed by atoms with E-state index < -0.39 is 0 Å². The Bertz CT molecular complexity index is 337. The third kappa shape index (κ3) is 2.57. The molecule has 1 fully saturated rings. The highest BCUT2D eigenvalue weighted by atomic mass is 16.2. The predicted molar refractivity (Wildman–Crippen MR) is 58.7 cm³/mol. The van der Waals surface area contributed by atoms with Gasteiger partial charge in [0.1, 0.15) is 6.33 Å². The first-order chi connectivity index (χ1) is 7.77. The van der Waals surface area contributed by atoms with Crippen molar-refractivity contribution in [3.8, 4) is 0 Å². The van der Waals surface area contributed by atoms with Crippen LogP contribution < -0.4 is 11.1 Å². The average molecular weight is 223 g/mol. The Morgan fingerprint density at radius 1 is 1.44 bits per heavy atom. The number of aromatic nitrogens is 3. The zero-order valence-corrected chi connectivity index (χ0v) is 9.15. The minimum Gasteiger partial charge on any atom is -0.345 e. The van der Waals surface area contributed by atoms with Gasteiger partial charge in [0, 0.05) is 12.1 Å². The number of nitrogens with two attached hydrogens (primary N) is 1. The van der Waals surface area contributed by atoms with Crippen LogP contribution in [0.5, 0.6) is 0 Å². The maximum absolute atomic E-state index is 11.7. The Morgan fingerprint density at radius 3 is 3.00 bits per heavy atom. The first-order valence-corrected chi connectivity index (χ1v) is 5.69. The van der Waals surface area contributed by atoms with E-state index in [1.54, 1.807) is 0 Å². The SMILES string of the molecule is NC1CCCCCC1NC(=O)c1ncn[nH]1. The molecule has 2 rings (SSSR count). The minimum absolute atomic E-state index is 0.0503. The zero-order valence-electron chi connectivity index (χ0n) is 9.15. The zero-order chi connectivity index (χ0) is 11.4. The van der Waals surface area contributed by atoms with E-state index in [1.165, 1.54) is 12.7 Å². The molecule has 1 heterocycles. The van der Waals surface area contributed by atoms with E-state index in [9.17, 15) is 4.79 Å². The van der Waals surface area contributed by atoms with E-state index >= 15 is 0 Å². The number of rotatable bonds is 2. The second kappa shape index (κ2) is 5.07. The van der Waals surface area contributed by atoms with Gasteiger partial charge in [0.2, 0.25) is 5.82 Å². The smallest absolute Gasteiger partial charge is 0.288 e. The molecule has 1 aliphatic rings. The molecule has 1 aliphatic carbocycles. The van der Waals surface area contributed by atoms with E-state index in [0.29, 0.717) is 0 Å². The van der Waals surface area contributed by atoms with E-state index in [-0.39, 0.29) is 23.8 Å². The van der Waals surface area contributed by atoms with Gasteiger partial charge >= 0.3 is 0 Å². The molecule has 0 bridgehead atoms. The highest BCUT2D eigenvalue weighted by Gasteiger charge is 2.23. The fourth-order valence-electron chi connectivity index (χ4n) is 2.07. The largest absolute Gasteiger partial charge is 0.345 e. The molecule has 1 amide bonds. The van der Waals surface area contributed by atoms with E-state index in [0.717, 1.165) is 25.7 Å². The second-order valence-corrected chi connectivity index (χ2v) is 4.22. The van der Waals surface area contributed by atoms with E-state index in [4.69, 9.17) is 5.73 Å². The molecule has 0 aromatic carbocycles. The first kappa shape index (κ1) is 11.1. The Labute approximate surface area is 94.0 Å². The lowest BCUT2D eigenvalue weighted by Gasteiger charge is -2.21. The fourth-order valence-corrected chi connectivity index (χ4v) is 2.07. The van der Waals surface area contributed by atoms with Crippen LogP contribution in [-0.4, -0.2) is 33.2 Å². The number of H-pyrrole nitrogens is 1. The van der Waals surface area contributed by atoms with Crippen LogP contribution in [0.3, 0.4) is 0 Å². The van der Waals surface area contributed by atoms with Crippen molar-refractivity contribution in [2.24, 2.45) is 5.73 Å². The third-order valence-corrected chi connectivity index (χ3v) is 3.02. The van der Waals surface area contributed by atoms with Crippen LogP contribution in [0, 0.1) is 0 Å². The summed E-state index contributed by atoms with van der Waals surface area (Å²) < 4.78 is 0. The van der Waals surface area contributed by atoms with Crippen molar-refractivity contribution in [2.45, 2.75) is 44.2 Å². The number of hydrogen-bond donors (Lipinski definition) is 3. The number of amides is 1. The summed E-state index contributed by atoms with van der Waals surface area (Å²) in [6.07, 6.45) is 6.71. The standard InChI is InChI=1S/C10H17N5O/c11-7-4-2-1-3-5-8(7)14-10(16)9-12-6-13-15-9/h6-8H,1-5,11H2,(H,14,16)(H,12,13,15). The molecule has 4 N–H and O–H groups in total. The van der Waals surface area contributed by atoms with Crippen molar-refractivity contribution in [1.82, 2.24) is 20.5 Å². The molecule has 0 aliphatic heterocycles. The van der Waals surface area contributed by atoms with Crippen molar-refractivity contribution < 1.29 is 4.79 Å². The van der Waals surface area contributed by atoms with Crippen molar-refractivity contribution in [2.75, 3.05) is 0 Å². The van der Waals surface area contributed by atoms with Crippen LogP contribution in [0.25, 0.3) is 0 Å². The monoisotopic (exact) mass is 223 g/mol. The van der Waals surface area contributed by atoms with Gasteiger partial charge in [0.25, 0.3) is 5.91 Å². The molecule has 2 unspecified atom stereocenters. The van der Waals surface area contributed by atoms with Crippen molar-refractivity contribution in [3.05, 3.63) is 12.2 Å². The second-order valence-electron chi connectivity index (χ2n) is 4.22. The molecule has 0 saturated heterocycles. The quantitative estimate of drug-likeness (QED) is 0.624. The Morgan fingerprint density at radius 2 is 2.25 bits per heavy atom. The first-order valence-electron chi connectivity index (χ1n) is 5.69. The summed E-state index contributed by atoms with van der Waals surface area (Å²) in [6.45, 7) is 0. The van der Waals surface area contributed by atoms with Crippen LogP contribution in [0.1, 0.15) is 42.7 Å². The molecule has 1 saturated carbocycles. The number of nitrogens with one attached hydrogen (secondary N) is 2. The average Bonchev–Trinajstić information content (AvgIpc) is 2.73. The molecule has 0 radical (unpaired) electrons. The van der Waals surface area contributed by atoms with Gasteiger partial charge < -0.3 is 11.1 Å². The van der Waals surface area contributed by atoms with Gasteiger partial charge in [-0.25, -0.2) is 4.98 Å². The van der Waals surface area contributed by atoms with Crippen LogP contribution in [0.2, 0.25) is 0 Å². The molecular formula is C10H17N5O. The number of aromatic amines is 1. The number of carbonyl (C=O) groups excluding carboxylic acids is 1. The molecule has 1 aromatic heterocycles. The number of nitrogens with zero attached hydrogens (tertiary/aromatic N) is 2. The van der Waals surface area contributed by atoms with Gasteiger partial charge in [-0.1, -0.05) is 19.3 Å². The lowest BCUT2D eigenvalue weighted by molar-refractivity contribution is 0.0918. The molecule has 0 spiro atoms. The molecule has 6 heteroatoms. The highest BCUT2D eigenvalue weighted by molar-refractivity contribution is 5.90. The van der Waals surface area contributed by atoms with Gasteiger partial charge in [0.15, 0.2) is 0 Å². The summed E-state index contributed by atoms with van der Waals surface area (Å²) in [6, 6.07) is 0.106. The van der Waals surface area contributed by atoms with Crippen LogP contribution in [0.4, 0.5) is 0 Å². The predicted octanol–water partition coefficient (Wildman–Crippen LogP) is 0.194. The molecule has 16 heavy (non-hydrogen) atoms. The number of carbonyl (C=O) groups is 1. The van der Waals surface area contributed by atoms with E-state index in [1.807, 2.05) is 0 Å². The minimum atomic E-state index is -0.222. The Kier molecular flexibility index (Phi) is 3.51. The van der Waals surface area contributed by atoms with Crippen molar-refractivity contribution in [1.29, 1.82) is 0 Å². The van der Waals surface area contributed by atoms with E-state index in [2.05, 4.69) is 20.5 Å². The lowest BCUT2D eigenvalue weighted by Crippen LogP contribution is -2.47. The Hall–Kier alpha value is -1.43. The third-order valence-electron chi connectivity index (χ3n) is 3.02. The molecule has 6 nitrogen and oxygen atoms in total. The summed E-state index contributed by atoms with van der Waals surface area (Å²) in [5.74, 6) is 0.0243. The molecule has 88 valence electrons. The van der Waals surface area contributed by atoms with Gasteiger partial charge in [-0.2, -0.15) is 5.10 Å². The lowest BCUT2D eigenvalue weighted by atomic mass is 10.0. The normalized spacial score (nSPS) is 26.1. The summed E-state index contributed by atoms with van der Waals surface area (Å²) in [5.41, 5.74) is 6.02. The van der Waals surface area contributed by atoms with Gasteiger partial charge in [-0.15, -0.1) is 0 Å². The van der Waals surface area contributed by atoms with Crippen LogP contribution in [0.15, 0.2) is 6.33 Å². The maximum atomic E-state index is 11.7. The fraction of sp³-hybridized carbons (Fsp3) is 0.700. The van der Waals surface area contributed by atoms with Gasteiger partial charge in [-0.3, -0.25) is 9.89 Å². The molecule has 1 aromatic rings. The van der Waals surface area contributed by atoms with Crippen molar-refractivity contribution >= 4 is 5.91 Å². The molecular weight excluding hydrogens is 206 g/mol. The van der Waals surface area contributed by atoms with Crippen LogP contribution in [-0.2, 0) is 0 Å². The summed E-state index contributed by atoms with van der Waals surface area (Å²) in [5, 5.41) is 9.10. The van der Waals surface area contributed by atoms with Crippen molar-refractivity contribution in [3.63, 3.8) is 0 Å². The van der Waals surface area contributed by atoms with Crippen LogP contribution >= 0.6 is 0 Å². The summed E-state index contributed by atoms with van der Waals surface area (Å²) in [4.78, 5) is 15.5. The molecule has 2 atom stereocenters. The summed E-state index contributed by atoms with van der Waals surface area (Å²) in [7, 11) is 0.